The topological polar surface area (TPSA) is 66.9 Å². The molecule has 0 saturated heterocycles. The Morgan fingerprint density at radius 3 is 2.39 bits per heavy atom. The van der Waals surface area contributed by atoms with E-state index in [1.54, 1.807) is 30.3 Å². The van der Waals surface area contributed by atoms with Gasteiger partial charge in [0.25, 0.3) is 5.91 Å². The van der Waals surface area contributed by atoms with Crippen LogP contribution < -0.4 is 10.6 Å². The molecule has 0 aliphatic heterocycles. The van der Waals surface area contributed by atoms with Crippen molar-refractivity contribution < 1.29 is 9.18 Å². The van der Waals surface area contributed by atoms with Gasteiger partial charge in [-0.1, -0.05) is 30.3 Å². The molecular weight excluding hydrogens is 415 g/mol. The van der Waals surface area contributed by atoms with Gasteiger partial charge in [0, 0.05) is 28.9 Å². The largest absolute Gasteiger partial charge is 0.350 e. The number of amides is 1. The summed E-state index contributed by atoms with van der Waals surface area (Å²) in [6.07, 6.45) is 3.25. The maximum absolute atomic E-state index is 13.2. The van der Waals surface area contributed by atoms with Gasteiger partial charge in [-0.05, 0) is 73.9 Å². The highest BCUT2D eigenvalue weighted by Crippen LogP contribution is 2.21. The summed E-state index contributed by atoms with van der Waals surface area (Å²) in [5.41, 5.74) is 4.15. The van der Waals surface area contributed by atoms with Crippen LogP contribution in [0.4, 0.5) is 15.9 Å². The first kappa shape index (κ1) is 22.1. The first-order valence-corrected chi connectivity index (χ1v) is 10.9. The van der Waals surface area contributed by atoms with Gasteiger partial charge < -0.3 is 10.6 Å². The van der Waals surface area contributed by atoms with Crippen molar-refractivity contribution in [2.24, 2.45) is 0 Å². The SMILES string of the molecule is C[C@H](CCc1ccccc1)NC(=O)c1ccc(Nc2cc(-c3ccc(F)cc3)ncn2)cc1. The quantitative estimate of drug-likeness (QED) is 0.365. The van der Waals surface area contributed by atoms with Crippen molar-refractivity contribution in [3.63, 3.8) is 0 Å². The number of nitrogens with zero attached hydrogens (tertiary/aromatic N) is 2. The van der Waals surface area contributed by atoms with Gasteiger partial charge in [0.1, 0.15) is 18.0 Å². The van der Waals surface area contributed by atoms with Crippen molar-refractivity contribution in [2.75, 3.05) is 5.32 Å². The minimum absolute atomic E-state index is 0.0707. The average molecular weight is 441 g/mol. The predicted octanol–water partition coefficient (Wildman–Crippen LogP) is 5.78. The van der Waals surface area contributed by atoms with Crippen molar-refractivity contribution in [1.82, 2.24) is 15.3 Å². The van der Waals surface area contributed by atoms with Crippen LogP contribution >= 0.6 is 0 Å². The summed E-state index contributed by atoms with van der Waals surface area (Å²) in [5, 5.41) is 6.27. The number of hydrogen-bond acceptors (Lipinski definition) is 4. The van der Waals surface area contributed by atoms with Gasteiger partial charge in [-0.25, -0.2) is 14.4 Å². The highest BCUT2D eigenvalue weighted by Gasteiger charge is 2.10. The molecule has 3 aromatic carbocycles. The lowest BCUT2D eigenvalue weighted by molar-refractivity contribution is 0.0938. The summed E-state index contributed by atoms with van der Waals surface area (Å²) in [4.78, 5) is 21.1. The van der Waals surface area contributed by atoms with Crippen LogP contribution in [0.1, 0.15) is 29.3 Å². The zero-order chi connectivity index (χ0) is 23.0. The van der Waals surface area contributed by atoms with E-state index in [1.165, 1.54) is 24.0 Å². The van der Waals surface area contributed by atoms with E-state index >= 15 is 0 Å². The smallest absolute Gasteiger partial charge is 0.251 e. The molecule has 0 spiro atoms. The summed E-state index contributed by atoms with van der Waals surface area (Å²) >= 11 is 0. The molecule has 1 amide bonds. The van der Waals surface area contributed by atoms with E-state index in [4.69, 9.17) is 0 Å². The molecule has 6 heteroatoms. The lowest BCUT2D eigenvalue weighted by atomic mass is 10.1. The van der Waals surface area contributed by atoms with Crippen LogP contribution in [-0.2, 0) is 6.42 Å². The minimum atomic E-state index is -0.291. The molecule has 0 bridgehead atoms. The number of carbonyl (C=O) groups excluding carboxylic acids is 1. The third-order valence-corrected chi connectivity index (χ3v) is 5.31. The second kappa shape index (κ2) is 10.5. The van der Waals surface area contributed by atoms with Gasteiger partial charge >= 0.3 is 0 Å². The Kier molecular flexibility index (Phi) is 7.05. The van der Waals surface area contributed by atoms with E-state index in [1.807, 2.05) is 37.3 Å². The summed E-state index contributed by atoms with van der Waals surface area (Å²) in [7, 11) is 0. The Morgan fingerprint density at radius 1 is 0.939 bits per heavy atom. The van der Waals surface area contributed by atoms with Crippen LogP contribution in [0, 0.1) is 5.82 Å². The fourth-order valence-corrected chi connectivity index (χ4v) is 3.46. The van der Waals surface area contributed by atoms with Crippen molar-refractivity contribution in [2.45, 2.75) is 25.8 Å². The van der Waals surface area contributed by atoms with Crippen LogP contribution in [-0.4, -0.2) is 21.9 Å². The number of anilines is 2. The summed E-state index contributed by atoms with van der Waals surface area (Å²) in [6.45, 7) is 2.02. The average Bonchev–Trinajstić information content (AvgIpc) is 2.84. The van der Waals surface area contributed by atoms with Crippen LogP contribution in [0.2, 0.25) is 0 Å². The van der Waals surface area contributed by atoms with Gasteiger partial charge in [-0.2, -0.15) is 0 Å². The lowest BCUT2D eigenvalue weighted by Crippen LogP contribution is -2.32. The van der Waals surface area contributed by atoms with Crippen LogP contribution in [0.15, 0.2) is 91.3 Å². The van der Waals surface area contributed by atoms with E-state index in [0.717, 1.165) is 24.1 Å². The first-order valence-electron chi connectivity index (χ1n) is 10.9. The third-order valence-electron chi connectivity index (χ3n) is 5.31. The molecule has 0 unspecified atom stereocenters. The number of benzene rings is 3. The summed E-state index contributed by atoms with van der Waals surface area (Å²) in [6, 6.07) is 25.5. The highest BCUT2D eigenvalue weighted by atomic mass is 19.1. The second-order valence-electron chi connectivity index (χ2n) is 7.90. The molecule has 4 aromatic rings. The van der Waals surface area contributed by atoms with E-state index in [2.05, 4.69) is 32.7 Å². The lowest BCUT2D eigenvalue weighted by Gasteiger charge is -2.14. The molecule has 166 valence electrons. The molecule has 0 aliphatic carbocycles. The van der Waals surface area contributed by atoms with Crippen molar-refractivity contribution >= 4 is 17.4 Å². The molecule has 0 aliphatic rings. The maximum Gasteiger partial charge on any atom is 0.251 e. The first-order chi connectivity index (χ1) is 16.1. The number of hydrogen-bond donors (Lipinski definition) is 2. The number of rotatable bonds is 8. The summed E-state index contributed by atoms with van der Waals surface area (Å²) < 4.78 is 13.2. The number of halogens is 1. The molecule has 5 nitrogen and oxygen atoms in total. The molecule has 0 radical (unpaired) electrons. The zero-order valence-electron chi connectivity index (χ0n) is 18.3. The van der Waals surface area contributed by atoms with Crippen LogP contribution in [0.5, 0.6) is 0 Å². The molecule has 0 fully saturated rings. The molecule has 1 heterocycles. The Hall–Kier alpha value is -4.06. The Bertz CT molecular complexity index is 1190. The number of aromatic nitrogens is 2. The van der Waals surface area contributed by atoms with E-state index < -0.39 is 0 Å². The second-order valence-corrected chi connectivity index (χ2v) is 7.90. The van der Waals surface area contributed by atoms with Gasteiger partial charge in [0.2, 0.25) is 0 Å². The number of aryl methyl sites for hydroxylation is 1. The fourth-order valence-electron chi connectivity index (χ4n) is 3.46. The standard InChI is InChI=1S/C27H25FN4O/c1-19(7-8-20-5-3-2-4-6-20)31-27(33)22-11-15-24(16-12-22)32-26-17-25(29-18-30-26)21-9-13-23(28)14-10-21/h2-6,9-19H,7-8H2,1H3,(H,31,33)(H,29,30,32)/t19-/m1/s1. The monoisotopic (exact) mass is 440 g/mol. The van der Waals surface area contributed by atoms with Crippen molar-refractivity contribution in [1.29, 1.82) is 0 Å². The summed E-state index contributed by atoms with van der Waals surface area (Å²) in [5.74, 6) is 0.222. The van der Waals surface area contributed by atoms with Crippen molar-refractivity contribution in [3.05, 3.63) is 108 Å². The van der Waals surface area contributed by atoms with Crippen LogP contribution in [0.25, 0.3) is 11.3 Å². The van der Waals surface area contributed by atoms with Crippen molar-refractivity contribution in [3.8, 4) is 11.3 Å². The van der Waals surface area contributed by atoms with Gasteiger partial charge in [0.05, 0.1) is 5.69 Å². The van der Waals surface area contributed by atoms with Gasteiger partial charge in [-0.15, -0.1) is 0 Å². The molecular formula is C27H25FN4O. The number of carbonyl (C=O) groups is 1. The Labute approximate surface area is 192 Å². The molecule has 1 atom stereocenters. The minimum Gasteiger partial charge on any atom is -0.350 e. The van der Waals surface area contributed by atoms with E-state index in [0.29, 0.717) is 17.1 Å². The Morgan fingerprint density at radius 2 is 1.67 bits per heavy atom. The molecule has 4 rings (SSSR count). The molecule has 0 saturated carbocycles. The highest BCUT2D eigenvalue weighted by molar-refractivity contribution is 5.94. The van der Waals surface area contributed by atoms with E-state index in [9.17, 15) is 9.18 Å². The normalized spacial score (nSPS) is 11.6. The molecule has 2 N–H and O–H groups in total. The number of nitrogens with one attached hydrogen (secondary N) is 2. The zero-order valence-corrected chi connectivity index (χ0v) is 18.3. The Balaban J connectivity index is 1.34. The molecule has 33 heavy (non-hydrogen) atoms. The maximum atomic E-state index is 13.2. The third kappa shape index (κ3) is 6.23. The van der Waals surface area contributed by atoms with Gasteiger partial charge in [0.15, 0.2) is 0 Å². The predicted molar refractivity (Wildman–Crippen MR) is 129 cm³/mol. The van der Waals surface area contributed by atoms with Gasteiger partial charge in [-0.3, -0.25) is 4.79 Å². The van der Waals surface area contributed by atoms with E-state index in [-0.39, 0.29) is 17.8 Å². The molecule has 1 aromatic heterocycles. The van der Waals surface area contributed by atoms with Crippen LogP contribution in [0.3, 0.4) is 0 Å². The fraction of sp³-hybridized carbons (Fsp3) is 0.148.